The Labute approximate surface area is 120 Å². The van der Waals surface area contributed by atoms with E-state index in [0.29, 0.717) is 18.8 Å². The third-order valence-electron chi connectivity index (χ3n) is 3.00. The summed E-state index contributed by atoms with van der Waals surface area (Å²) >= 11 is 1.47. The number of nitrogens with two attached hydrogens (primary N) is 1. The van der Waals surface area contributed by atoms with E-state index in [9.17, 15) is 4.79 Å². The third kappa shape index (κ3) is 2.53. The predicted octanol–water partition coefficient (Wildman–Crippen LogP) is 2.72. The molecule has 3 aromatic rings. The summed E-state index contributed by atoms with van der Waals surface area (Å²) < 4.78 is 8.34. The molecule has 0 spiro atoms. The van der Waals surface area contributed by atoms with Crippen LogP contribution in [-0.2, 0) is 6.54 Å². The van der Waals surface area contributed by atoms with Gasteiger partial charge in [0.15, 0.2) is 0 Å². The number of hydrogen-bond donors (Lipinski definition) is 1. The zero-order valence-corrected chi connectivity index (χ0v) is 11.6. The first-order valence-electron chi connectivity index (χ1n) is 6.31. The van der Waals surface area contributed by atoms with Crippen LogP contribution >= 0.6 is 11.5 Å². The van der Waals surface area contributed by atoms with Gasteiger partial charge < -0.3 is 10.5 Å². The van der Waals surface area contributed by atoms with Crippen LogP contribution in [0.15, 0.2) is 53.3 Å². The van der Waals surface area contributed by atoms with Crippen LogP contribution in [0.5, 0.6) is 5.75 Å². The molecule has 2 aromatic carbocycles. The minimum absolute atomic E-state index is 0.0477. The molecule has 0 radical (unpaired) electrons. The van der Waals surface area contributed by atoms with Crippen molar-refractivity contribution in [3.63, 3.8) is 0 Å². The molecule has 1 heterocycles. The largest absolute Gasteiger partial charge is 0.492 e. The van der Waals surface area contributed by atoms with Crippen molar-refractivity contribution < 1.29 is 4.74 Å². The van der Waals surface area contributed by atoms with E-state index < -0.39 is 0 Å². The minimum atomic E-state index is 0.0477. The van der Waals surface area contributed by atoms with Gasteiger partial charge in [0.2, 0.25) is 0 Å². The maximum absolute atomic E-state index is 12.1. The predicted molar refractivity (Wildman–Crippen MR) is 82.4 cm³/mol. The summed E-state index contributed by atoms with van der Waals surface area (Å²) in [5.41, 5.74) is 6.36. The van der Waals surface area contributed by atoms with E-state index >= 15 is 0 Å². The topological polar surface area (TPSA) is 57.2 Å². The molecule has 0 aliphatic heterocycles. The Morgan fingerprint density at radius 2 is 1.85 bits per heavy atom. The van der Waals surface area contributed by atoms with Gasteiger partial charge in [-0.05, 0) is 36.4 Å². The molecular formula is C15H14N2O2S. The van der Waals surface area contributed by atoms with Crippen LogP contribution in [0, 0.1) is 0 Å². The fourth-order valence-electron chi connectivity index (χ4n) is 1.98. The molecule has 2 N–H and O–H groups in total. The van der Waals surface area contributed by atoms with Gasteiger partial charge in [0.1, 0.15) is 12.4 Å². The Hall–Kier alpha value is -2.27. The third-order valence-corrected chi connectivity index (χ3v) is 4.12. The van der Waals surface area contributed by atoms with E-state index in [-0.39, 0.29) is 5.56 Å². The van der Waals surface area contributed by atoms with Crippen molar-refractivity contribution in [3.8, 4) is 5.75 Å². The monoisotopic (exact) mass is 286 g/mol. The second-order valence-electron chi connectivity index (χ2n) is 4.41. The zero-order chi connectivity index (χ0) is 13.9. The first-order valence-corrected chi connectivity index (χ1v) is 7.08. The number of anilines is 1. The van der Waals surface area contributed by atoms with Crippen LogP contribution in [0.2, 0.25) is 0 Å². The van der Waals surface area contributed by atoms with Gasteiger partial charge in [-0.1, -0.05) is 23.7 Å². The number of aromatic nitrogens is 1. The maximum atomic E-state index is 12.1. The van der Waals surface area contributed by atoms with Gasteiger partial charge >= 0.3 is 0 Å². The quantitative estimate of drug-likeness (QED) is 0.750. The van der Waals surface area contributed by atoms with Crippen LogP contribution in [0.25, 0.3) is 10.1 Å². The molecule has 0 amide bonds. The highest BCUT2D eigenvalue weighted by atomic mass is 32.1. The summed E-state index contributed by atoms with van der Waals surface area (Å²) in [4.78, 5) is 12.1. The Kier molecular flexibility index (Phi) is 3.43. The number of hydrogen-bond acceptors (Lipinski definition) is 4. The number of nitrogen functional groups attached to an aromatic ring is 1. The van der Waals surface area contributed by atoms with Crippen molar-refractivity contribution in [1.82, 2.24) is 3.96 Å². The van der Waals surface area contributed by atoms with E-state index in [1.54, 1.807) is 16.1 Å². The van der Waals surface area contributed by atoms with E-state index in [2.05, 4.69) is 0 Å². The molecule has 20 heavy (non-hydrogen) atoms. The average molecular weight is 286 g/mol. The number of fused-ring (bicyclic) bond motifs is 1. The van der Waals surface area contributed by atoms with E-state index in [4.69, 9.17) is 10.5 Å². The summed E-state index contributed by atoms with van der Waals surface area (Å²) in [7, 11) is 0. The molecule has 0 unspecified atom stereocenters. The molecule has 3 rings (SSSR count). The van der Waals surface area contributed by atoms with Crippen molar-refractivity contribution >= 4 is 27.3 Å². The Morgan fingerprint density at radius 3 is 2.60 bits per heavy atom. The molecule has 0 saturated heterocycles. The van der Waals surface area contributed by atoms with Crippen molar-refractivity contribution in [2.24, 2.45) is 0 Å². The van der Waals surface area contributed by atoms with Gasteiger partial charge in [-0.3, -0.25) is 8.75 Å². The van der Waals surface area contributed by atoms with E-state index in [1.807, 2.05) is 36.4 Å². The zero-order valence-electron chi connectivity index (χ0n) is 10.8. The van der Waals surface area contributed by atoms with E-state index in [0.717, 1.165) is 15.8 Å². The van der Waals surface area contributed by atoms with Crippen LogP contribution in [0.1, 0.15) is 0 Å². The summed E-state index contributed by atoms with van der Waals surface area (Å²) in [6.45, 7) is 0.999. The van der Waals surface area contributed by atoms with E-state index in [1.165, 1.54) is 11.5 Å². The average Bonchev–Trinajstić information content (AvgIpc) is 2.78. The minimum Gasteiger partial charge on any atom is -0.492 e. The van der Waals surface area contributed by atoms with Gasteiger partial charge in [-0.25, -0.2) is 0 Å². The smallest absolute Gasteiger partial charge is 0.268 e. The second kappa shape index (κ2) is 5.38. The van der Waals surface area contributed by atoms with Crippen molar-refractivity contribution in [2.75, 3.05) is 12.3 Å². The molecule has 0 aliphatic carbocycles. The molecule has 0 atom stereocenters. The summed E-state index contributed by atoms with van der Waals surface area (Å²) in [6, 6.07) is 14.9. The molecule has 102 valence electrons. The molecule has 4 nitrogen and oxygen atoms in total. The SMILES string of the molecule is Nc1ccc(OCCn2sc3ccccc3c2=O)cc1. The van der Waals surface area contributed by atoms with Gasteiger partial charge in [-0.15, -0.1) is 0 Å². The first kappa shape index (κ1) is 12.7. The number of ether oxygens (including phenoxy) is 1. The van der Waals surface area contributed by atoms with Crippen LogP contribution in [-0.4, -0.2) is 10.6 Å². The van der Waals surface area contributed by atoms with Crippen LogP contribution < -0.4 is 16.0 Å². The van der Waals surface area contributed by atoms with Gasteiger partial charge in [0.05, 0.1) is 16.6 Å². The second-order valence-corrected chi connectivity index (χ2v) is 5.48. The molecular weight excluding hydrogens is 272 g/mol. The molecule has 0 saturated carbocycles. The lowest BCUT2D eigenvalue weighted by Gasteiger charge is -2.06. The standard InChI is InChI=1S/C15H14N2O2S/c16-11-5-7-12(8-6-11)19-10-9-17-15(18)13-3-1-2-4-14(13)20-17/h1-8H,9-10,16H2. The lowest BCUT2D eigenvalue weighted by Crippen LogP contribution is -2.17. The maximum Gasteiger partial charge on any atom is 0.268 e. The highest BCUT2D eigenvalue weighted by molar-refractivity contribution is 7.13. The van der Waals surface area contributed by atoms with Gasteiger partial charge in [-0.2, -0.15) is 0 Å². The number of nitrogens with zero attached hydrogens (tertiary/aromatic N) is 1. The van der Waals surface area contributed by atoms with Crippen LogP contribution in [0.4, 0.5) is 5.69 Å². The Bertz CT molecular complexity index is 774. The number of rotatable bonds is 4. The highest BCUT2D eigenvalue weighted by Crippen LogP contribution is 2.16. The molecule has 1 aromatic heterocycles. The van der Waals surface area contributed by atoms with Crippen LogP contribution in [0.3, 0.4) is 0 Å². The lowest BCUT2D eigenvalue weighted by atomic mass is 10.3. The normalized spacial score (nSPS) is 10.8. The lowest BCUT2D eigenvalue weighted by molar-refractivity contribution is 0.302. The van der Waals surface area contributed by atoms with Crippen molar-refractivity contribution in [2.45, 2.75) is 6.54 Å². The van der Waals surface area contributed by atoms with Crippen molar-refractivity contribution in [1.29, 1.82) is 0 Å². The number of benzene rings is 2. The summed E-state index contributed by atoms with van der Waals surface area (Å²) in [5, 5.41) is 0.769. The Balaban J connectivity index is 1.69. The molecule has 0 fully saturated rings. The first-order chi connectivity index (χ1) is 9.74. The molecule has 0 bridgehead atoms. The van der Waals surface area contributed by atoms with Gasteiger partial charge in [0, 0.05) is 5.69 Å². The fraction of sp³-hybridized carbons (Fsp3) is 0.133. The summed E-state index contributed by atoms with van der Waals surface area (Å²) in [5.74, 6) is 0.758. The Morgan fingerprint density at radius 1 is 1.10 bits per heavy atom. The molecule has 0 aliphatic rings. The highest BCUT2D eigenvalue weighted by Gasteiger charge is 2.06. The molecule has 5 heteroatoms. The summed E-state index contributed by atoms with van der Waals surface area (Å²) in [6.07, 6.45) is 0. The van der Waals surface area contributed by atoms with Gasteiger partial charge in [0.25, 0.3) is 5.56 Å². The fourth-order valence-corrected chi connectivity index (χ4v) is 2.95. The van der Waals surface area contributed by atoms with Crippen molar-refractivity contribution in [3.05, 3.63) is 58.9 Å².